The van der Waals surface area contributed by atoms with Gasteiger partial charge in [0.1, 0.15) is 0 Å². The van der Waals surface area contributed by atoms with E-state index in [1.165, 1.54) is 11.8 Å². The molecule has 1 atom stereocenters. The standard InChI is InChI=1S/C25H21N7O/c33-25-28-24(17-27-30-25)29-26-16-18-11-13-21(14-12-18)32-23(20-9-5-2-6-10-20)15-22(31-32)19-7-3-1-4-8-19/h1-14,16-17,23H,15H2,(H2,28,29,30,33)/b26-16+. The van der Waals surface area contributed by atoms with Gasteiger partial charge in [0, 0.05) is 6.42 Å². The summed E-state index contributed by atoms with van der Waals surface area (Å²) in [6, 6.07) is 28.9. The number of aromatic amines is 1. The zero-order valence-electron chi connectivity index (χ0n) is 17.7. The molecule has 4 aromatic rings. The third kappa shape index (κ3) is 4.69. The number of anilines is 2. The third-order valence-electron chi connectivity index (χ3n) is 5.32. The monoisotopic (exact) mass is 435 g/mol. The molecule has 5 rings (SSSR count). The first-order chi connectivity index (χ1) is 16.3. The van der Waals surface area contributed by atoms with Gasteiger partial charge in [0.2, 0.25) is 0 Å². The summed E-state index contributed by atoms with van der Waals surface area (Å²) in [6.07, 6.45) is 3.88. The van der Waals surface area contributed by atoms with Crippen molar-refractivity contribution >= 4 is 23.4 Å². The van der Waals surface area contributed by atoms with Crippen molar-refractivity contribution in [2.45, 2.75) is 12.5 Å². The van der Waals surface area contributed by atoms with Gasteiger partial charge in [0.25, 0.3) is 0 Å². The summed E-state index contributed by atoms with van der Waals surface area (Å²) < 4.78 is 0. The molecule has 0 aliphatic carbocycles. The lowest BCUT2D eigenvalue weighted by molar-refractivity contribution is 0.709. The fraction of sp³-hybridized carbons (Fsp3) is 0.0800. The van der Waals surface area contributed by atoms with E-state index in [2.05, 4.69) is 67.1 Å². The van der Waals surface area contributed by atoms with Crippen molar-refractivity contribution in [3.05, 3.63) is 118 Å². The highest BCUT2D eigenvalue weighted by molar-refractivity contribution is 6.03. The molecule has 8 nitrogen and oxygen atoms in total. The fourth-order valence-electron chi connectivity index (χ4n) is 3.74. The van der Waals surface area contributed by atoms with Crippen molar-refractivity contribution in [1.82, 2.24) is 15.2 Å². The number of nitrogens with zero attached hydrogens (tertiary/aromatic N) is 5. The van der Waals surface area contributed by atoms with Crippen LogP contribution in [0, 0.1) is 0 Å². The number of aromatic nitrogens is 3. The summed E-state index contributed by atoms with van der Waals surface area (Å²) in [7, 11) is 0. The molecule has 0 fully saturated rings. The average Bonchev–Trinajstić information content (AvgIpc) is 3.31. The van der Waals surface area contributed by atoms with Crippen LogP contribution >= 0.6 is 0 Å². The van der Waals surface area contributed by atoms with Crippen LogP contribution in [-0.2, 0) is 0 Å². The molecule has 162 valence electrons. The smallest absolute Gasteiger partial charge is 0.260 e. The molecule has 0 bridgehead atoms. The summed E-state index contributed by atoms with van der Waals surface area (Å²) in [5, 5.41) is 17.1. The second-order valence-electron chi connectivity index (χ2n) is 7.52. The molecule has 1 aliphatic rings. The van der Waals surface area contributed by atoms with Gasteiger partial charge in [-0.2, -0.15) is 20.3 Å². The van der Waals surface area contributed by atoms with Gasteiger partial charge in [-0.05, 0) is 28.8 Å². The van der Waals surface area contributed by atoms with Crippen LogP contribution in [0.4, 0.5) is 11.5 Å². The number of hydrazone groups is 2. The Labute approximate surface area is 190 Å². The lowest BCUT2D eigenvalue weighted by Crippen LogP contribution is -2.18. The SMILES string of the molecule is O=c1nc(N/N=C/c2ccc(N3N=C(c4ccccc4)CC3c3ccccc3)cc2)cn[nH]1. The van der Waals surface area contributed by atoms with E-state index in [9.17, 15) is 4.79 Å². The molecular weight excluding hydrogens is 414 g/mol. The number of rotatable bonds is 6. The van der Waals surface area contributed by atoms with E-state index in [4.69, 9.17) is 5.10 Å². The maximum absolute atomic E-state index is 11.2. The Morgan fingerprint density at radius 1 is 0.970 bits per heavy atom. The first-order valence-electron chi connectivity index (χ1n) is 10.5. The van der Waals surface area contributed by atoms with Gasteiger partial charge in [0.05, 0.1) is 29.9 Å². The Kier molecular flexibility index (Phi) is 5.71. The van der Waals surface area contributed by atoms with Crippen LogP contribution in [0.15, 0.2) is 106 Å². The van der Waals surface area contributed by atoms with Crippen molar-refractivity contribution in [2.24, 2.45) is 10.2 Å². The van der Waals surface area contributed by atoms with Crippen LogP contribution in [0.5, 0.6) is 0 Å². The first-order valence-corrected chi connectivity index (χ1v) is 10.5. The van der Waals surface area contributed by atoms with Gasteiger partial charge >= 0.3 is 5.69 Å². The quantitative estimate of drug-likeness (QED) is 0.353. The number of hydrogen-bond donors (Lipinski definition) is 2. The number of hydrogen-bond acceptors (Lipinski definition) is 7. The van der Waals surface area contributed by atoms with Crippen molar-refractivity contribution in [2.75, 3.05) is 10.4 Å². The molecule has 0 radical (unpaired) electrons. The first kappa shape index (κ1) is 20.3. The van der Waals surface area contributed by atoms with Crippen molar-refractivity contribution < 1.29 is 0 Å². The summed E-state index contributed by atoms with van der Waals surface area (Å²) in [6.45, 7) is 0. The van der Waals surface area contributed by atoms with Gasteiger partial charge in [-0.3, -0.25) is 10.4 Å². The van der Waals surface area contributed by atoms with Crippen LogP contribution in [0.25, 0.3) is 0 Å². The lowest BCUT2D eigenvalue weighted by Gasteiger charge is -2.24. The van der Waals surface area contributed by atoms with Crippen LogP contribution in [0.1, 0.15) is 29.2 Å². The Hall–Kier alpha value is -4.59. The van der Waals surface area contributed by atoms with Gasteiger partial charge < -0.3 is 0 Å². The van der Waals surface area contributed by atoms with Gasteiger partial charge in [-0.25, -0.2) is 9.89 Å². The average molecular weight is 435 g/mol. The minimum Gasteiger partial charge on any atom is -0.260 e. The van der Waals surface area contributed by atoms with E-state index in [0.717, 1.165) is 28.9 Å². The second-order valence-corrected chi connectivity index (χ2v) is 7.52. The normalized spacial score (nSPS) is 15.6. The molecule has 0 saturated heterocycles. The summed E-state index contributed by atoms with van der Waals surface area (Å²) in [4.78, 5) is 14.9. The van der Waals surface area contributed by atoms with E-state index in [0.29, 0.717) is 0 Å². The predicted molar refractivity (Wildman–Crippen MR) is 130 cm³/mol. The van der Waals surface area contributed by atoms with Crippen LogP contribution < -0.4 is 16.1 Å². The van der Waals surface area contributed by atoms with E-state index < -0.39 is 5.69 Å². The van der Waals surface area contributed by atoms with E-state index in [-0.39, 0.29) is 11.9 Å². The van der Waals surface area contributed by atoms with Crippen LogP contribution in [0.3, 0.4) is 0 Å². The molecule has 0 amide bonds. The predicted octanol–water partition coefficient (Wildman–Crippen LogP) is 3.97. The number of nitrogens with one attached hydrogen (secondary N) is 2. The van der Waals surface area contributed by atoms with E-state index >= 15 is 0 Å². The Morgan fingerprint density at radius 3 is 2.42 bits per heavy atom. The molecule has 2 heterocycles. The highest BCUT2D eigenvalue weighted by Gasteiger charge is 2.29. The Balaban J connectivity index is 1.38. The molecule has 1 aromatic heterocycles. The summed E-state index contributed by atoms with van der Waals surface area (Å²) in [5.41, 5.74) is 7.49. The highest BCUT2D eigenvalue weighted by atomic mass is 16.1. The molecule has 8 heteroatoms. The maximum Gasteiger partial charge on any atom is 0.363 e. The highest BCUT2D eigenvalue weighted by Crippen LogP contribution is 2.36. The van der Waals surface area contributed by atoms with Gasteiger partial charge in [-0.1, -0.05) is 72.8 Å². The molecular formula is C25H21N7O. The third-order valence-corrected chi connectivity index (χ3v) is 5.32. The van der Waals surface area contributed by atoms with Crippen LogP contribution in [-0.4, -0.2) is 27.1 Å². The molecule has 0 saturated carbocycles. The van der Waals surface area contributed by atoms with Crippen LogP contribution in [0.2, 0.25) is 0 Å². The molecule has 1 aliphatic heterocycles. The zero-order valence-corrected chi connectivity index (χ0v) is 17.7. The Morgan fingerprint density at radius 2 is 1.70 bits per heavy atom. The number of H-pyrrole nitrogens is 1. The molecule has 3 aromatic carbocycles. The van der Waals surface area contributed by atoms with Crippen molar-refractivity contribution in [3.63, 3.8) is 0 Å². The largest absolute Gasteiger partial charge is 0.363 e. The minimum atomic E-state index is -0.534. The molecule has 0 spiro atoms. The van der Waals surface area contributed by atoms with Crippen molar-refractivity contribution in [3.8, 4) is 0 Å². The molecule has 2 N–H and O–H groups in total. The minimum absolute atomic E-state index is 0.123. The fourth-order valence-corrected chi connectivity index (χ4v) is 3.74. The topological polar surface area (TPSA) is 98.6 Å². The Bertz CT molecular complexity index is 1330. The maximum atomic E-state index is 11.2. The number of benzene rings is 3. The summed E-state index contributed by atoms with van der Waals surface area (Å²) in [5.74, 6) is 0.275. The van der Waals surface area contributed by atoms with Gasteiger partial charge in [0.15, 0.2) is 5.82 Å². The lowest BCUT2D eigenvalue weighted by atomic mass is 9.98. The molecule has 33 heavy (non-hydrogen) atoms. The van der Waals surface area contributed by atoms with E-state index in [1.54, 1.807) is 6.21 Å². The molecule has 1 unspecified atom stereocenters. The zero-order chi connectivity index (χ0) is 22.5. The second kappa shape index (κ2) is 9.27. The van der Waals surface area contributed by atoms with Gasteiger partial charge in [-0.15, -0.1) is 0 Å². The summed E-state index contributed by atoms with van der Waals surface area (Å²) >= 11 is 0. The van der Waals surface area contributed by atoms with E-state index in [1.807, 2.05) is 48.5 Å². The van der Waals surface area contributed by atoms with Crippen molar-refractivity contribution in [1.29, 1.82) is 0 Å².